The van der Waals surface area contributed by atoms with E-state index in [1.165, 1.54) is 23.5 Å². The number of benzene rings is 2. The number of amides is 1. The first-order valence-corrected chi connectivity index (χ1v) is 10.8. The van der Waals surface area contributed by atoms with Crippen LogP contribution < -0.4 is 14.8 Å². The number of rotatable bonds is 4. The molecule has 0 aliphatic carbocycles. The van der Waals surface area contributed by atoms with E-state index < -0.39 is 11.7 Å². The Labute approximate surface area is 181 Å². The lowest BCUT2D eigenvalue weighted by atomic mass is 10.1. The molecule has 2 aromatic heterocycles. The zero-order chi connectivity index (χ0) is 21.6. The summed E-state index contributed by atoms with van der Waals surface area (Å²) in [6, 6.07) is 11.1. The van der Waals surface area contributed by atoms with Crippen LogP contribution in [-0.2, 0) is 11.0 Å². The molecule has 0 radical (unpaired) electrons. The van der Waals surface area contributed by atoms with Crippen molar-refractivity contribution in [3.05, 3.63) is 48.0 Å². The number of hydrogen-bond donors (Lipinski definition) is 1. The van der Waals surface area contributed by atoms with Crippen LogP contribution in [0.15, 0.2) is 47.5 Å². The predicted molar refractivity (Wildman–Crippen MR) is 112 cm³/mol. The van der Waals surface area contributed by atoms with Gasteiger partial charge in [0.05, 0.1) is 32.1 Å². The molecule has 11 heteroatoms. The molecule has 4 aromatic rings. The molecule has 2 aromatic carbocycles. The van der Waals surface area contributed by atoms with Crippen LogP contribution in [-0.4, -0.2) is 28.4 Å². The van der Waals surface area contributed by atoms with E-state index in [1.807, 2.05) is 24.3 Å². The van der Waals surface area contributed by atoms with Crippen molar-refractivity contribution in [3.63, 3.8) is 0 Å². The fraction of sp³-hybridized carbons (Fsp3) is 0.150. The van der Waals surface area contributed by atoms with Crippen LogP contribution in [0.5, 0.6) is 11.5 Å². The van der Waals surface area contributed by atoms with Gasteiger partial charge >= 0.3 is 6.18 Å². The van der Waals surface area contributed by atoms with E-state index in [0.29, 0.717) is 10.9 Å². The van der Waals surface area contributed by atoms with Gasteiger partial charge in [0, 0.05) is 11.5 Å². The minimum absolute atomic E-state index is 0.0550. The molecule has 5 rings (SSSR count). The van der Waals surface area contributed by atoms with Gasteiger partial charge in [0.15, 0.2) is 16.6 Å². The first-order valence-electron chi connectivity index (χ1n) is 8.97. The number of para-hydroxylation sites is 1. The van der Waals surface area contributed by atoms with Gasteiger partial charge in [-0.25, -0.2) is 9.97 Å². The predicted octanol–water partition coefficient (Wildman–Crippen LogP) is 5.32. The van der Waals surface area contributed by atoms with Gasteiger partial charge in [0.2, 0.25) is 12.7 Å². The lowest BCUT2D eigenvalue weighted by Gasteiger charge is -2.13. The van der Waals surface area contributed by atoms with Crippen molar-refractivity contribution in [1.82, 2.24) is 9.97 Å². The first kappa shape index (κ1) is 19.9. The molecule has 0 atom stereocenters. The molecule has 0 bridgehead atoms. The zero-order valence-electron chi connectivity index (χ0n) is 15.5. The number of carbonyl (C=O) groups is 1. The van der Waals surface area contributed by atoms with Crippen molar-refractivity contribution < 1.29 is 27.4 Å². The van der Waals surface area contributed by atoms with Crippen LogP contribution in [0.2, 0.25) is 0 Å². The maximum atomic E-state index is 13.6. The molecule has 0 saturated heterocycles. The van der Waals surface area contributed by atoms with Crippen LogP contribution >= 0.6 is 23.1 Å². The maximum Gasteiger partial charge on any atom is 0.417 e. The van der Waals surface area contributed by atoms with E-state index in [4.69, 9.17) is 9.47 Å². The highest BCUT2D eigenvalue weighted by Crippen LogP contribution is 2.42. The average Bonchev–Trinajstić information content (AvgIpc) is 3.34. The molecular formula is C20H12F3N3O3S2. The Morgan fingerprint density at radius 2 is 1.87 bits per heavy atom. The molecule has 1 N–H and O–H groups in total. The van der Waals surface area contributed by atoms with Crippen molar-refractivity contribution in [3.8, 4) is 11.5 Å². The normalized spacial score (nSPS) is 13.1. The van der Waals surface area contributed by atoms with Crippen molar-refractivity contribution >= 4 is 55.3 Å². The maximum absolute atomic E-state index is 13.6. The third-order valence-corrected chi connectivity index (χ3v) is 6.34. The van der Waals surface area contributed by atoms with Crippen LogP contribution in [0, 0.1) is 0 Å². The van der Waals surface area contributed by atoms with Crippen LogP contribution in [0.1, 0.15) is 5.56 Å². The number of pyridine rings is 1. The summed E-state index contributed by atoms with van der Waals surface area (Å²) >= 11 is 2.24. The largest absolute Gasteiger partial charge is 0.454 e. The van der Waals surface area contributed by atoms with Gasteiger partial charge in [0.25, 0.3) is 0 Å². The third-order valence-electron chi connectivity index (χ3n) is 4.48. The molecule has 1 aliphatic rings. The Kier molecular flexibility index (Phi) is 4.86. The molecule has 0 unspecified atom stereocenters. The number of halogens is 3. The van der Waals surface area contributed by atoms with Gasteiger partial charge in [-0.1, -0.05) is 35.2 Å². The fourth-order valence-corrected chi connectivity index (χ4v) is 4.72. The number of fused-ring (bicyclic) bond motifs is 3. The Morgan fingerprint density at radius 3 is 2.65 bits per heavy atom. The number of alkyl halides is 3. The minimum Gasteiger partial charge on any atom is -0.454 e. The molecule has 0 fully saturated rings. The summed E-state index contributed by atoms with van der Waals surface area (Å²) in [5.41, 5.74) is 0.0400. The molecule has 158 valence electrons. The van der Waals surface area contributed by atoms with Crippen molar-refractivity contribution in [2.24, 2.45) is 0 Å². The second kappa shape index (κ2) is 7.57. The minimum atomic E-state index is -4.59. The number of anilines is 1. The molecule has 1 amide bonds. The molecular weight excluding hydrogens is 451 g/mol. The Morgan fingerprint density at radius 1 is 1.10 bits per heavy atom. The zero-order valence-corrected chi connectivity index (χ0v) is 17.2. The fourth-order valence-electron chi connectivity index (χ4n) is 3.12. The van der Waals surface area contributed by atoms with E-state index in [2.05, 4.69) is 15.3 Å². The quantitative estimate of drug-likeness (QED) is 0.413. The van der Waals surface area contributed by atoms with E-state index in [1.54, 1.807) is 0 Å². The van der Waals surface area contributed by atoms with Gasteiger partial charge in [0.1, 0.15) is 0 Å². The monoisotopic (exact) mass is 463 g/mol. The molecule has 0 saturated carbocycles. The molecule has 31 heavy (non-hydrogen) atoms. The summed E-state index contributed by atoms with van der Waals surface area (Å²) in [5.74, 6) is 0.0838. The number of aromatic nitrogens is 2. The number of thioether (sulfide) groups is 1. The Balaban J connectivity index is 1.38. The summed E-state index contributed by atoms with van der Waals surface area (Å²) in [6.45, 7) is -0.0550. The van der Waals surface area contributed by atoms with Crippen molar-refractivity contribution in [2.75, 3.05) is 17.9 Å². The van der Waals surface area contributed by atoms with Crippen molar-refractivity contribution in [1.29, 1.82) is 0 Å². The second-order valence-electron chi connectivity index (χ2n) is 6.55. The molecule has 0 spiro atoms. The lowest BCUT2D eigenvalue weighted by Crippen LogP contribution is -2.14. The average molecular weight is 463 g/mol. The summed E-state index contributed by atoms with van der Waals surface area (Å²) in [7, 11) is 0. The number of ether oxygens (including phenoxy) is 2. The van der Waals surface area contributed by atoms with E-state index >= 15 is 0 Å². The number of nitrogens with zero attached hydrogens (tertiary/aromatic N) is 2. The Hall–Kier alpha value is -3.05. The van der Waals surface area contributed by atoms with Gasteiger partial charge in [-0.2, -0.15) is 13.2 Å². The standard InChI is InChI=1S/C20H12F3N3O3S2/c21-20(22,23)11-6-18(24-13-7-15-14(5-10(11)13)28-9-29-15)30-8-17(27)26-19-25-12-3-1-2-4-16(12)31-19/h1-7H,8-9H2,(H,25,26,27). The van der Waals surface area contributed by atoms with Crippen molar-refractivity contribution in [2.45, 2.75) is 11.2 Å². The highest BCUT2D eigenvalue weighted by molar-refractivity contribution is 7.99. The highest BCUT2D eigenvalue weighted by Gasteiger charge is 2.34. The smallest absolute Gasteiger partial charge is 0.417 e. The summed E-state index contributed by atoms with van der Waals surface area (Å²) in [6.07, 6.45) is -4.59. The molecule has 1 aliphatic heterocycles. The van der Waals surface area contributed by atoms with Gasteiger partial charge in [-0.3, -0.25) is 4.79 Å². The highest BCUT2D eigenvalue weighted by atomic mass is 32.2. The second-order valence-corrected chi connectivity index (χ2v) is 8.58. The first-order chi connectivity index (χ1) is 14.9. The van der Waals surface area contributed by atoms with Gasteiger partial charge < -0.3 is 14.8 Å². The van der Waals surface area contributed by atoms with Crippen LogP contribution in [0.4, 0.5) is 18.3 Å². The van der Waals surface area contributed by atoms with E-state index in [0.717, 1.165) is 28.0 Å². The van der Waals surface area contributed by atoms with Gasteiger partial charge in [-0.05, 0) is 24.3 Å². The number of thiazole rings is 1. The van der Waals surface area contributed by atoms with Crippen LogP contribution in [0.3, 0.4) is 0 Å². The summed E-state index contributed by atoms with van der Waals surface area (Å²) < 4.78 is 52.3. The van der Waals surface area contributed by atoms with Gasteiger partial charge in [-0.15, -0.1) is 0 Å². The Bertz CT molecular complexity index is 1290. The third kappa shape index (κ3) is 3.98. The number of carbonyl (C=O) groups excluding carboxylic acids is 1. The lowest BCUT2D eigenvalue weighted by molar-refractivity contribution is -0.136. The topological polar surface area (TPSA) is 73.3 Å². The number of nitrogens with one attached hydrogen (secondary N) is 1. The summed E-state index contributed by atoms with van der Waals surface area (Å²) in [5, 5.41) is 3.11. The van der Waals surface area contributed by atoms with E-state index in [-0.39, 0.29) is 40.1 Å². The van der Waals surface area contributed by atoms with E-state index in [9.17, 15) is 18.0 Å². The SMILES string of the molecule is O=C(CSc1cc(C(F)(F)F)c2cc3c(cc2n1)OCO3)Nc1nc2ccccc2s1. The van der Waals surface area contributed by atoms with Crippen LogP contribution in [0.25, 0.3) is 21.1 Å². The number of hydrogen-bond acceptors (Lipinski definition) is 7. The molecule has 6 nitrogen and oxygen atoms in total. The summed E-state index contributed by atoms with van der Waals surface area (Å²) in [4.78, 5) is 20.9. The molecule has 3 heterocycles.